The van der Waals surface area contributed by atoms with E-state index in [2.05, 4.69) is 47.0 Å². The maximum absolute atomic E-state index is 12.3. The van der Waals surface area contributed by atoms with Crippen molar-refractivity contribution >= 4 is 31.8 Å². The second-order valence-corrected chi connectivity index (χ2v) is 12.9. The summed E-state index contributed by atoms with van der Waals surface area (Å²) in [5.74, 6) is 0.615. The first kappa shape index (κ1) is 23.9. The highest BCUT2D eigenvalue weighted by atomic mass is 79.9. The van der Waals surface area contributed by atoms with Crippen LogP contribution in [0.3, 0.4) is 0 Å². The summed E-state index contributed by atoms with van der Waals surface area (Å²) in [6, 6.07) is 1.44. The van der Waals surface area contributed by atoms with Crippen LogP contribution in [0, 0.1) is 0 Å². The predicted octanol–water partition coefficient (Wildman–Crippen LogP) is 4.21. The summed E-state index contributed by atoms with van der Waals surface area (Å²) in [4.78, 5) is 16.4. The van der Waals surface area contributed by atoms with Gasteiger partial charge in [0.15, 0.2) is 9.76 Å². The van der Waals surface area contributed by atoms with Crippen molar-refractivity contribution < 1.29 is 18.7 Å². The van der Waals surface area contributed by atoms with Crippen LogP contribution in [0.2, 0.25) is 5.04 Å². The number of carbonyl (C=O) groups is 1. The highest BCUT2D eigenvalue weighted by Crippen LogP contribution is 2.26. The zero-order valence-corrected chi connectivity index (χ0v) is 20.7. The summed E-state index contributed by atoms with van der Waals surface area (Å²) in [5, 5.41) is 3.06. The Bertz CT molecular complexity index is 627. The lowest BCUT2D eigenvalue weighted by atomic mass is 10.00. The summed E-state index contributed by atoms with van der Waals surface area (Å²) in [5.41, 5.74) is -1.18. The number of ether oxygens (including phenoxy) is 2. The van der Waals surface area contributed by atoms with E-state index in [4.69, 9.17) is 13.9 Å². The third-order valence-electron chi connectivity index (χ3n) is 3.50. The van der Waals surface area contributed by atoms with Crippen LogP contribution in [0.5, 0.6) is 5.75 Å². The maximum Gasteiger partial charge on any atom is 0.408 e. The van der Waals surface area contributed by atoms with Crippen LogP contribution in [0.25, 0.3) is 0 Å². The highest BCUT2D eigenvalue weighted by molar-refractivity contribution is 9.10. The minimum Gasteiger partial charge on any atom is -0.490 e. The Morgan fingerprint density at radius 1 is 1.19 bits per heavy atom. The Morgan fingerprint density at radius 3 is 2.33 bits per heavy atom. The largest absolute Gasteiger partial charge is 0.490 e. The first-order valence-corrected chi connectivity index (χ1v) is 11.1. The zero-order chi connectivity index (χ0) is 20.9. The second kappa shape index (κ2) is 9.38. The van der Waals surface area contributed by atoms with Gasteiger partial charge < -0.3 is 19.2 Å². The van der Waals surface area contributed by atoms with Crippen molar-refractivity contribution in [1.29, 1.82) is 0 Å². The first-order chi connectivity index (χ1) is 12.2. The lowest BCUT2D eigenvalue weighted by Crippen LogP contribution is -2.55. The average molecular weight is 461 g/mol. The van der Waals surface area contributed by atoms with Crippen molar-refractivity contribution in [2.24, 2.45) is 0 Å². The molecule has 1 N–H and O–H groups in total. The molecule has 1 rings (SSSR count). The molecule has 0 spiro atoms. The molecule has 0 saturated heterocycles. The van der Waals surface area contributed by atoms with E-state index in [0.717, 1.165) is 4.47 Å². The molecule has 0 aliphatic rings. The van der Waals surface area contributed by atoms with Gasteiger partial charge in [-0.1, -0.05) is 20.8 Å². The molecule has 1 aromatic heterocycles. The summed E-state index contributed by atoms with van der Waals surface area (Å²) in [6.07, 6.45) is 2.83. The minimum atomic E-state index is -0.819. The molecule has 0 radical (unpaired) electrons. The standard InChI is InChI=1S/C19H33BrN2O4Si/c1-17(2,3)25-16(23)22-15(19(7,8)26-27-18(4,5)6)12-24-14-9-13(20)10-21-11-14/h9-11,15H,12,27H2,1-8H3,(H,22,23)/t15-/m1/s1. The summed E-state index contributed by atoms with van der Waals surface area (Å²) < 4.78 is 18.4. The number of hydrogen-bond acceptors (Lipinski definition) is 5. The molecule has 0 fully saturated rings. The highest BCUT2D eigenvalue weighted by Gasteiger charge is 2.34. The Morgan fingerprint density at radius 2 is 1.81 bits per heavy atom. The number of hydrogen-bond donors (Lipinski definition) is 1. The number of amides is 1. The van der Waals surface area contributed by atoms with Crippen LogP contribution in [-0.2, 0) is 9.16 Å². The van der Waals surface area contributed by atoms with Crippen molar-refractivity contribution in [3.05, 3.63) is 22.9 Å². The van der Waals surface area contributed by atoms with Crippen molar-refractivity contribution in [3.8, 4) is 5.75 Å². The van der Waals surface area contributed by atoms with E-state index >= 15 is 0 Å². The lowest BCUT2D eigenvalue weighted by Gasteiger charge is -2.37. The molecular formula is C19H33BrN2O4Si. The fourth-order valence-electron chi connectivity index (χ4n) is 2.02. The van der Waals surface area contributed by atoms with Crippen molar-refractivity contribution in [3.63, 3.8) is 0 Å². The molecular weight excluding hydrogens is 428 g/mol. The topological polar surface area (TPSA) is 69.7 Å². The monoisotopic (exact) mass is 460 g/mol. The van der Waals surface area contributed by atoms with E-state index in [0.29, 0.717) is 5.75 Å². The molecule has 0 unspecified atom stereocenters. The SMILES string of the molecule is CC(C)(C)OC(=O)N[C@H](COc1cncc(Br)c1)C(C)(C)O[SiH2]C(C)(C)C. The molecule has 0 aromatic carbocycles. The Balaban J connectivity index is 2.88. The number of nitrogens with one attached hydrogen (secondary N) is 1. The Hall–Kier alpha value is -1.12. The zero-order valence-electron chi connectivity index (χ0n) is 17.7. The fourth-order valence-corrected chi connectivity index (χ4v) is 3.37. The number of aromatic nitrogens is 1. The van der Waals surface area contributed by atoms with Crippen LogP contribution in [0.1, 0.15) is 55.4 Å². The van der Waals surface area contributed by atoms with Gasteiger partial charge in [-0.25, -0.2) is 4.79 Å². The van der Waals surface area contributed by atoms with Crippen molar-refractivity contribution in [2.75, 3.05) is 6.61 Å². The van der Waals surface area contributed by atoms with Crippen LogP contribution >= 0.6 is 15.9 Å². The number of halogens is 1. The van der Waals surface area contributed by atoms with E-state index in [1.807, 2.05) is 40.7 Å². The number of alkyl carbamates (subject to hydrolysis) is 1. The van der Waals surface area contributed by atoms with Gasteiger partial charge >= 0.3 is 6.09 Å². The Kier molecular flexibility index (Phi) is 8.31. The first-order valence-electron chi connectivity index (χ1n) is 9.05. The molecule has 1 aromatic rings. The van der Waals surface area contributed by atoms with E-state index in [1.165, 1.54) is 0 Å². The van der Waals surface area contributed by atoms with Gasteiger partial charge in [-0.3, -0.25) is 4.98 Å². The fraction of sp³-hybridized carbons (Fsp3) is 0.684. The van der Waals surface area contributed by atoms with Crippen LogP contribution in [-0.4, -0.2) is 44.7 Å². The maximum atomic E-state index is 12.3. The molecule has 1 heterocycles. The van der Waals surface area contributed by atoms with Gasteiger partial charge in [-0.15, -0.1) is 0 Å². The van der Waals surface area contributed by atoms with Crippen LogP contribution in [0.4, 0.5) is 4.79 Å². The van der Waals surface area contributed by atoms with Crippen LogP contribution < -0.4 is 10.1 Å². The smallest absolute Gasteiger partial charge is 0.408 e. The van der Waals surface area contributed by atoms with Crippen LogP contribution in [0.15, 0.2) is 22.9 Å². The van der Waals surface area contributed by atoms with Gasteiger partial charge in [-0.05, 0) is 61.7 Å². The summed E-state index contributed by atoms with van der Waals surface area (Å²) >= 11 is 3.38. The van der Waals surface area contributed by atoms with E-state index in [1.54, 1.807) is 12.4 Å². The molecule has 154 valence electrons. The van der Waals surface area contributed by atoms with Gasteiger partial charge in [0, 0.05) is 10.7 Å². The van der Waals surface area contributed by atoms with Gasteiger partial charge in [0.2, 0.25) is 0 Å². The van der Waals surface area contributed by atoms with E-state index in [-0.39, 0.29) is 17.7 Å². The molecule has 1 atom stereocenters. The van der Waals surface area contributed by atoms with Gasteiger partial charge in [0.05, 0.1) is 17.8 Å². The summed E-state index contributed by atoms with van der Waals surface area (Å²) in [7, 11) is -0.819. The number of pyridine rings is 1. The number of carbonyl (C=O) groups excluding carboxylic acids is 1. The molecule has 0 bridgehead atoms. The van der Waals surface area contributed by atoms with Gasteiger partial charge in [-0.2, -0.15) is 0 Å². The molecule has 1 amide bonds. The predicted molar refractivity (Wildman–Crippen MR) is 114 cm³/mol. The third-order valence-corrected chi connectivity index (χ3v) is 5.69. The molecule has 0 aliphatic carbocycles. The minimum absolute atomic E-state index is 0.142. The van der Waals surface area contributed by atoms with Crippen molar-refractivity contribution in [1.82, 2.24) is 10.3 Å². The molecule has 0 aliphatic heterocycles. The Labute approximate surface area is 173 Å². The molecule has 8 heteroatoms. The number of rotatable bonds is 7. The second-order valence-electron chi connectivity index (χ2n) is 9.30. The van der Waals surface area contributed by atoms with Crippen molar-refractivity contribution in [2.45, 2.75) is 77.7 Å². The molecule has 0 saturated carbocycles. The lowest BCUT2D eigenvalue weighted by molar-refractivity contribution is 0.0182. The van der Waals surface area contributed by atoms with E-state index in [9.17, 15) is 4.79 Å². The molecule has 27 heavy (non-hydrogen) atoms. The number of nitrogens with zero attached hydrogens (tertiary/aromatic N) is 1. The third kappa shape index (κ3) is 10.1. The quantitative estimate of drug-likeness (QED) is 0.616. The molecule has 6 nitrogen and oxygen atoms in total. The summed E-state index contributed by atoms with van der Waals surface area (Å²) in [6.45, 7) is 16.2. The van der Waals surface area contributed by atoms with Gasteiger partial charge in [0.25, 0.3) is 0 Å². The average Bonchev–Trinajstić information content (AvgIpc) is 2.47. The normalized spacial score (nSPS) is 14.3. The van der Waals surface area contributed by atoms with E-state index < -0.39 is 27.1 Å². The van der Waals surface area contributed by atoms with Gasteiger partial charge in [0.1, 0.15) is 18.0 Å².